The Morgan fingerprint density at radius 2 is 1.39 bits per heavy atom. The SMILES string of the molecule is O=C(O)C=CC(=O)O.c1ccc(CCN2CCN(c3ccc(C4CCCC4)cc3)CC2)cc1. The number of piperazine rings is 1. The predicted molar refractivity (Wildman–Crippen MR) is 131 cm³/mol. The highest BCUT2D eigenvalue weighted by Gasteiger charge is 2.19. The Morgan fingerprint density at radius 3 is 1.94 bits per heavy atom. The van der Waals surface area contributed by atoms with Gasteiger partial charge in [-0.05, 0) is 48.4 Å². The topological polar surface area (TPSA) is 81.1 Å². The summed E-state index contributed by atoms with van der Waals surface area (Å²) >= 11 is 0. The average molecular weight is 451 g/mol. The Balaban J connectivity index is 0.000000331. The van der Waals surface area contributed by atoms with E-state index < -0.39 is 11.9 Å². The lowest BCUT2D eigenvalue weighted by Gasteiger charge is -2.36. The van der Waals surface area contributed by atoms with Crippen LogP contribution in [-0.2, 0) is 16.0 Å². The summed E-state index contributed by atoms with van der Waals surface area (Å²) in [5.41, 5.74) is 4.42. The van der Waals surface area contributed by atoms with Crippen LogP contribution in [0, 0.1) is 0 Å². The molecular weight excluding hydrogens is 416 g/mol. The highest BCUT2D eigenvalue weighted by Crippen LogP contribution is 2.34. The molecule has 1 aliphatic heterocycles. The lowest BCUT2D eigenvalue weighted by Crippen LogP contribution is -2.47. The van der Waals surface area contributed by atoms with E-state index in [-0.39, 0.29) is 0 Å². The number of nitrogens with zero attached hydrogens (tertiary/aromatic N) is 2. The maximum Gasteiger partial charge on any atom is 0.328 e. The molecule has 33 heavy (non-hydrogen) atoms. The van der Waals surface area contributed by atoms with Crippen LogP contribution in [0.5, 0.6) is 0 Å². The summed E-state index contributed by atoms with van der Waals surface area (Å²) in [6.07, 6.45) is 7.88. The quantitative estimate of drug-likeness (QED) is 0.608. The molecule has 2 fully saturated rings. The molecule has 0 spiro atoms. The minimum absolute atomic E-state index is 0.558. The van der Waals surface area contributed by atoms with Crippen molar-refractivity contribution in [3.63, 3.8) is 0 Å². The van der Waals surface area contributed by atoms with Gasteiger partial charge in [0.05, 0.1) is 0 Å². The van der Waals surface area contributed by atoms with Crippen LogP contribution >= 0.6 is 0 Å². The minimum atomic E-state index is -1.26. The largest absolute Gasteiger partial charge is 0.478 e. The molecule has 0 bridgehead atoms. The summed E-state index contributed by atoms with van der Waals surface area (Å²) in [6.45, 7) is 5.84. The average Bonchev–Trinajstić information content (AvgIpc) is 3.38. The molecule has 6 nitrogen and oxygen atoms in total. The summed E-state index contributed by atoms with van der Waals surface area (Å²) in [7, 11) is 0. The Morgan fingerprint density at radius 1 is 0.818 bits per heavy atom. The van der Waals surface area contributed by atoms with Gasteiger partial charge in [-0.1, -0.05) is 55.3 Å². The van der Waals surface area contributed by atoms with Gasteiger partial charge in [0, 0.05) is 50.6 Å². The van der Waals surface area contributed by atoms with E-state index in [4.69, 9.17) is 10.2 Å². The number of hydrogen-bond acceptors (Lipinski definition) is 4. The fraction of sp³-hybridized carbons (Fsp3) is 0.407. The van der Waals surface area contributed by atoms with Crippen molar-refractivity contribution in [2.24, 2.45) is 0 Å². The summed E-state index contributed by atoms with van der Waals surface area (Å²) in [6, 6.07) is 20.3. The van der Waals surface area contributed by atoms with Gasteiger partial charge >= 0.3 is 11.9 Å². The third-order valence-electron chi connectivity index (χ3n) is 6.39. The van der Waals surface area contributed by atoms with Crippen LogP contribution < -0.4 is 4.90 Å². The summed E-state index contributed by atoms with van der Waals surface area (Å²) in [5.74, 6) is -1.69. The van der Waals surface area contributed by atoms with Gasteiger partial charge in [0.1, 0.15) is 0 Å². The molecule has 2 aromatic carbocycles. The van der Waals surface area contributed by atoms with Crippen molar-refractivity contribution in [2.45, 2.75) is 38.0 Å². The zero-order chi connectivity index (χ0) is 23.5. The van der Waals surface area contributed by atoms with E-state index >= 15 is 0 Å². The van der Waals surface area contributed by atoms with Crippen molar-refractivity contribution < 1.29 is 19.8 Å². The van der Waals surface area contributed by atoms with Gasteiger partial charge in [0.2, 0.25) is 0 Å². The van der Waals surface area contributed by atoms with E-state index in [1.807, 2.05) is 0 Å². The van der Waals surface area contributed by atoms with Crippen LogP contribution in [0.1, 0.15) is 42.7 Å². The Hall–Kier alpha value is -3.12. The number of carbonyl (C=O) groups is 2. The Kier molecular flexibility index (Phi) is 9.51. The monoisotopic (exact) mass is 450 g/mol. The second kappa shape index (κ2) is 12.8. The van der Waals surface area contributed by atoms with Crippen LogP contribution in [0.2, 0.25) is 0 Å². The number of carboxylic acids is 2. The number of anilines is 1. The van der Waals surface area contributed by atoms with Crippen LogP contribution in [0.3, 0.4) is 0 Å². The van der Waals surface area contributed by atoms with E-state index in [1.165, 1.54) is 56.6 Å². The van der Waals surface area contributed by atoms with Gasteiger partial charge in [0.15, 0.2) is 0 Å². The lowest BCUT2D eigenvalue weighted by atomic mass is 9.97. The first-order valence-corrected chi connectivity index (χ1v) is 11.8. The van der Waals surface area contributed by atoms with Crippen LogP contribution in [0.15, 0.2) is 66.7 Å². The molecule has 2 aromatic rings. The van der Waals surface area contributed by atoms with E-state index in [0.717, 1.165) is 25.4 Å². The normalized spacial score (nSPS) is 17.0. The van der Waals surface area contributed by atoms with E-state index in [2.05, 4.69) is 64.4 Å². The molecule has 2 N–H and O–H groups in total. The minimum Gasteiger partial charge on any atom is -0.478 e. The Bertz CT molecular complexity index is 881. The van der Waals surface area contributed by atoms with Gasteiger partial charge in [0.25, 0.3) is 0 Å². The highest BCUT2D eigenvalue weighted by atomic mass is 16.4. The van der Waals surface area contributed by atoms with Crippen molar-refractivity contribution >= 4 is 17.6 Å². The third kappa shape index (κ3) is 8.39. The molecule has 1 aliphatic carbocycles. The van der Waals surface area contributed by atoms with Crippen molar-refractivity contribution in [2.75, 3.05) is 37.6 Å². The Labute approximate surface area is 196 Å². The summed E-state index contributed by atoms with van der Waals surface area (Å²) < 4.78 is 0. The zero-order valence-electron chi connectivity index (χ0n) is 19.1. The number of carboxylic acid groups (broad SMARTS) is 2. The summed E-state index contributed by atoms with van der Waals surface area (Å²) in [4.78, 5) is 24.3. The van der Waals surface area contributed by atoms with Gasteiger partial charge in [-0.25, -0.2) is 9.59 Å². The fourth-order valence-electron chi connectivity index (χ4n) is 4.52. The van der Waals surface area contributed by atoms with Crippen molar-refractivity contribution in [3.8, 4) is 0 Å². The molecule has 4 rings (SSSR count). The van der Waals surface area contributed by atoms with Crippen molar-refractivity contribution in [1.29, 1.82) is 0 Å². The molecule has 1 heterocycles. The van der Waals surface area contributed by atoms with Crippen LogP contribution in [0.25, 0.3) is 0 Å². The first-order chi connectivity index (χ1) is 16.0. The van der Waals surface area contributed by atoms with E-state index in [0.29, 0.717) is 12.2 Å². The fourth-order valence-corrected chi connectivity index (χ4v) is 4.52. The molecule has 0 amide bonds. The maximum atomic E-state index is 9.55. The number of benzene rings is 2. The lowest BCUT2D eigenvalue weighted by molar-refractivity contribution is -0.134. The van der Waals surface area contributed by atoms with Gasteiger partial charge < -0.3 is 15.1 Å². The molecule has 2 aliphatic rings. The molecule has 1 saturated heterocycles. The molecule has 1 saturated carbocycles. The molecule has 0 aromatic heterocycles. The van der Waals surface area contributed by atoms with E-state index in [9.17, 15) is 9.59 Å². The number of rotatable bonds is 7. The molecule has 6 heteroatoms. The highest BCUT2D eigenvalue weighted by molar-refractivity contribution is 5.89. The summed E-state index contributed by atoms with van der Waals surface area (Å²) in [5, 5.41) is 15.6. The van der Waals surface area contributed by atoms with Gasteiger partial charge in [-0.15, -0.1) is 0 Å². The molecule has 0 unspecified atom stereocenters. The molecular formula is C27H34N2O4. The molecule has 0 radical (unpaired) electrons. The number of hydrogen-bond donors (Lipinski definition) is 2. The van der Waals surface area contributed by atoms with Gasteiger partial charge in [-0.2, -0.15) is 0 Å². The van der Waals surface area contributed by atoms with Crippen LogP contribution in [-0.4, -0.2) is 59.8 Å². The third-order valence-corrected chi connectivity index (χ3v) is 6.39. The first kappa shape index (κ1) is 24.5. The van der Waals surface area contributed by atoms with E-state index in [1.54, 1.807) is 5.56 Å². The van der Waals surface area contributed by atoms with Crippen LogP contribution in [0.4, 0.5) is 5.69 Å². The zero-order valence-corrected chi connectivity index (χ0v) is 19.1. The second-order valence-corrected chi connectivity index (χ2v) is 8.65. The predicted octanol–water partition coefficient (Wildman–Crippen LogP) is 4.42. The smallest absolute Gasteiger partial charge is 0.328 e. The second-order valence-electron chi connectivity index (χ2n) is 8.65. The first-order valence-electron chi connectivity index (χ1n) is 11.8. The maximum absolute atomic E-state index is 9.55. The van der Waals surface area contributed by atoms with Crippen molar-refractivity contribution in [1.82, 2.24) is 4.90 Å². The van der Waals surface area contributed by atoms with Gasteiger partial charge in [-0.3, -0.25) is 4.90 Å². The number of aliphatic carboxylic acids is 2. The van der Waals surface area contributed by atoms with Crippen molar-refractivity contribution in [3.05, 3.63) is 77.9 Å². The molecule has 176 valence electrons. The molecule has 0 atom stereocenters. The standard InChI is InChI=1S/C23H30N2.C4H4O4/c1-2-6-20(7-3-1)14-15-24-16-18-25(19-17-24)23-12-10-22(11-13-23)21-8-4-5-9-21;5-3(6)1-2-4(7)8/h1-3,6-7,10-13,21H,4-5,8-9,14-19H2;1-2H,(H,5,6)(H,7,8).